The van der Waals surface area contributed by atoms with Gasteiger partial charge in [0.1, 0.15) is 25.4 Å². The summed E-state index contributed by atoms with van der Waals surface area (Å²) in [5, 5.41) is 20.7. The zero-order chi connectivity index (χ0) is 78.0. The lowest BCUT2D eigenvalue weighted by Gasteiger charge is -2.21. The number of carbonyl (C=O) groups is 3. The van der Waals surface area contributed by atoms with E-state index in [1.54, 1.807) is 0 Å². The van der Waals surface area contributed by atoms with E-state index in [1.807, 2.05) is 0 Å². The van der Waals surface area contributed by atoms with Gasteiger partial charge in [-0.1, -0.05) is 320 Å². The van der Waals surface area contributed by atoms with Gasteiger partial charge in [-0.15, -0.1) is 0 Å². The first-order chi connectivity index (χ1) is 52.2. The van der Waals surface area contributed by atoms with E-state index < -0.39 is 91.5 Å². The van der Waals surface area contributed by atoms with Gasteiger partial charge in [0.15, 0.2) is 6.10 Å². The molecule has 0 amide bonds. The van der Waals surface area contributed by atoms with Crippen molar-refractivity contribution in [3.8, 4) is 0 Å². The SMILES string of the molecule is CC/C=C\C/C=C\C/C=C\C/C=C\C/C=C\CCCCCCCCCCCCCCCCCCCC(=O)OCC(O)COP(=O)(O)OCC(O)COP(=O)(O)OCC(COC(=O)CCCCCCC/C=C\C/C=C\C/C=C\C/C=C\CCCCC)OC(=O)CCCCCC/C=C\C/C=C\C/C=C\C/C=C\CC. The fraction of sp³-hybridized carbons (Fsp3) is 0.674. The fourth-order valence-electron chi connectivity index (χ4n) is 10.9. The maximum atomic E-state index is 13.0. The van der Waals surface area contributed by atoms with Crippen LogP contribution in [0.4, 0.5) is 0 Å². The van der Waals surface area contributed by atoms with E-state index in [-0.39, 0.29) is 19.3 Å². The van der Waals surface area contributed by atoms with E-state index in [0.29, 0.717) is 19.3 Å². The van der Waals surface area contributed by atoms with Crippen molar-refractivity contribution < 1.29 is 75.8 Å². The van der Waals surface area contributed by atoms with Crippen LogP contribution in [0.3, 0.4) is 0 Å². The van der Waals surface area contributed by atoms with Crippen molar-refractivity contribution in [2.24, 2.45) is 0 Å². The molecule has 612 valence electrons. The van der Waals surface area contributed by atoms with Crippen LogP contribution in [-0.4, -0.2) is 95.9 Å². The second-order valence-electron chi connectivity index (χ2n) is 27.5. The van der Waals surface area contributed by atoms with Gasteiger partial charge in [-0.05, 0) is 148 Å². The second-order valence-corrected chi connectivity index (χ2v) is 30.4. The zero-order valence-electron chi connectivity index (χ0n) is 67.0. The summed E-state index contributed by atoms with van der Waals surface area (Å²) in [5.74, 6) is -1.62. The number of carbonyl (C=O) groups excluding carboxylic acids is 3. The molecular weight excluding hydrogens is 1390 g/mol. The Labute approximate surface area is 650 Å². The number of esters is 3. The number of hydrogen-bond acceptors (Lipinski definition) is 14. The highest BCUT2D eigenvalue weighted by Crippen LogP contribution is 2.45. The average molecular weight is 1540 g/mol. The summed E-state index contributed by atoms with van der Waals surface area (Å²) in [4.78, 5) is 58.7. The lowest BCUT2D eigenvalue weighted by atomic mass is 10.0. The lowest BCUT2D eigenvalue weighted by molar-refractivity contribution is -0.161. The van der Waals surface area contributed by atoms with Crippen molar-refractivity contribution in [3.63, 3.8) is 0 Å². The molecule has 0 bridgehead atoms. The normalized spacial score (nSPS) is 14.7. The molecule has 0 aliphatic carbocycles. The van der Waals surface area contributed by atoms with Crippen LogP contribution in [0, 0.1) is 0 Å². The molecule has 0 heterocycles. The molecule has 0 aromatic heterocycles. The van der Waals surface area contributed by atoms with E-state index >= 15 is 0 Å². The smallest absolute Gasteiger partial charge is 0.463 e. The number of rotatable bonds is 78. The molecule has 0 fully saturated rings. The number of allylic oxidation sites excluding steroid dienone is 26. The molecular formula is C89H150O16P2. The predicted molar refractivity (Wildman–Crippen MR) is 445 cm³/mol. The monoisotopic (exact) mass is 1540 g/mol. The minimum Gasteiger partial charge on any atom is -0.463 e. The molecule has 0 aromatic carbocycles. The third kappa shape index (κ3) is 82.0. The third-order valence-corrected chi connectivity index (χ3v) is 19.1. The molecule has 0 aromatic rings. The van der Waals surface area contributed by atoms with Gasteiger partial charge in [0.25, 0.3) is 0 Å². The number of aliphatic hydroxyl groups excluding tert-OH is 2. The highest BCUT2D eigenvalue weighted by Gasteiger charge is 2.29. The first-order valence-electron chi connectivity index (χ1n) is 41.8. The van der Waals surface area contributed by atoms with Gasteiger partial charge in [-0.25, -0.2) is 9.13 Å². The van der Waals surface area contributed by atoms with E-state index in [2.05, 4.69) is 179 Å². The summed E-state index contributed by atoms with van der Waals surface area (Å²) < 4.78 is 61.2. The molecule has 0 aliphatic heterocycles. The Morgan fingerprint density at radius 3 is 0.785 bits per heavy atom. The molecule has 0 rings (SSSR count). The fourth-order valence-corrected chi connectivity index (χ4v) is 12.5. The first-order valence-corrected chi connectivity index (χ1v) is 44.8. The quantitative estimate of drug-likeness (QED) is 0.0146. The van der Waals surface area contributed by atoms with E-state index in [0.717, 1.165) is 154 Å². The summed E-state index contributed by atoms with van der Waals surface area (Å²) in [5.41, 5.74) is 0. The molecule has 0 spiro atoms. The Morgan fingerprint density at radius 2 is 0.495 bits per heavy atom. The number of ether oxygens (including phenoxy) is 3. The van der Waals surface area contributed by atoms with Gasteiger partial charge in [-0.2, -0.15) is 0 Å². The van der Waals surface area contributed by atoms with Gasteiger partial charge in [0.05, 0.1) is 26.4 Å². The van der Waals surface area contributed by atoms with Crippen LogP contribution in [0.1, 0.15) is 329 Å². The minimum absolute atomic E-state index is 0.0679. The zero-order valence-corrected chi connectivity index (χ0v) is 68.8. The van der Waals surface area contributed by atoms with Crippen LogP contribution in [0.2, 0.25) is 0 Å². The van der Waals surface area contributed by atoms with Crippen molar-refractivity contribution in [2.75, 3.05) is 39.6 Å². The average Bonchev–Trinajstić information content (AvgIpc) is 0.907. The van der Waals surface area contributed by atoms with Crippen LogP contribution >= 0.6 is 15.6 Å². The van der Waals surface area contributed by atoms with Crippen molar-refractivity contribution in [1.82, 2.24) is 0 Å². The Morgan fingerprint density at radius 1 is 0.271 bits per heavy atom. The van der Waals surface area contributed by atoms with E-state index in [9.17, 15) is 43.5 Å². The topological polar surface area (TPSA) is 231 Å². The van der Waals surface area contributed by atoms with Gasteiger partial charge < -0.3 is 34.2 Å². The Hall–Kier alpha value is -4.83. The van der Waals surface area contributed by atoms with Gasteiger partial charge in [0, 0.05) is 19.3 Å². The molecule has 5 unspecified atom stereocenters. The molecule has 5 atom stereocenters. The van der Waals surface area contributed by atoms with Crippen LogP contribution in [0.25, 0.3) is 0 Å². The molecule has 107 heavy (non-hydrogen) atoms. The maximum absolute atomic E-state index is 13.0. The van der Waals surface area contributed by atoms with Gasteiger partial charge >= 0.3 is 33.6 Å². The Balaban J connectivity index is 4.52. The largest absolute Gasteiger partial charge is 0.472 e. The molecule has 0 radical (unpaired) electrons. The van der Waals surface area contributed by atoms with E-state index in [1.165, 1.54) is 116 Å². The number of hydrogen-bond donors (Lipinski definition) is 4. The van der Waals surface area contributed by atoms with Crippen molar-refractivity contribution in [1.29, 1.82) is 0 Å². The van der Waals surface area contributed by atoms with Gasteiger partial charge in [-0.3, -0.25) is 32.5 Å². The van der Waals surface area contributed by atoms with Crippen LogP contribution in [0.15, 0.2) is 158 Å². The summed E-state index contributed by atoms with van der Waals surface area (Å²) in [6, 6.07) is 0. The molecule has 16 nitrogen and oxygen atoms in total. The summed E-state index contributed by atoms with van der Waals surface area (Å²) in [7, 11) is -9.81. The Kier molecular flexibility index (Phi) is 77.0. The summed E-state index contributed by atoms with van der Waals surface area (Å²) in [6.45, 7) is 2.39. The first kappa shape index (κ1) is 102. The van der Waals surface area contributed by atoms with Crippen molar-refractivity contribution in [3.05, 3.63) is 158 Å². The minimum atomic E-state index is -4.95. The van der Waals surface area contributed by atoms with Crippen molar-refractivity contribution >= 4 is 33.6 Å². The second kappa shape index (κ2) is 80.7. The number of phosphoric acid groups is 2. The standard InChI is InChI=1S/C89H150O16P2/c1-4-7-10-13-16-19-22-25-28-31-33-35-36-37-38-39-40-41-42-43-44-45-46-48-50-52-54-57-60-63-66-69-72-75-87(92)99-78-84(90)79-101-106(95,96)102-80-85(91)81-103-107(97,98)104-83-86(105-89(94)77-74-71-68-65-62-59-56-51-30-27-24-21-18-15-12-9-6-3)82-100-88(93)76-73-70-67-64-61-58-55-53-49-47-34-32-29-26-23-20-17-14-11-8-5-2/h7,9-10,12,16-21,25-30,33-35,37-38,47,53,55-56,59,84-86,90-91H,4-6,8,11,13-15,22-24,31-32,36,39-46,48-52,54,57-58,60-83H2,1-3H3,(H,95,96)(H,97,98)/b10-7-,12-9-,19-16-,20-17-,21-18-,28-25-,29-26-,30-27-,35-33-,38-37-,47-34-,55-53-,59-56-. The van der Waals surface area contributed by atoms with Gasteiger partial charge in [0.2, 0.25) is 0 Å². The number of phosphoric ester groups is 2. The molecule has 18 heteroatoms. The highest BCUT2D eigenvalue weighted by molar-refractivity contribution is 7.47. The molecule has 0 aliphatic rings. The number of unbranched alkanes of at least 4 members (excludes halogenated alkanes) is 29. The van der Waals surface area contributed by atoms with Crippen LogP contribution in [0.5, 0.6) is 0 Å². The summed E-state index contributed by atoms with van der Waals surface area (Å²) in [6.07, 6.45) is 102. The highest BCUT2D eigenvalue weighted by atomic mass is 31.2. The molecule has 4 N–H and O–H groups in total. The third-order valence-electron chi connectivity index (χ3n) is 17.2. The predicted octanol–water partition coefficient (Wildman–Crippen LogP) is 25.0. The Bertz CT molecular complexity index is 2580. The summed E-state index contributed by atoms with van der Waals surface area (Å²) >= 11 is 0. The van der Waals surface area contributed by atoms with Crippen LogP contribution < -0.4 is 0 Å². The molecule has 0 saturated heterocycles. The van der Waals surface area contributed by atoms with E-state index in [4.69, 9.17) is 32.3 Å². The lowest BCUT2D eigenvalue weighted by Crippen LogP contribution is -2.30. The molecule has 0 saturated carbocycles. The van der Waals surface area contributed by atoms with Crippen LogP contribution in [-0.2, 0) is 55.8 Å². The van der Waals surface area contributed by atoms with Crippen molar-refractivity contribution in [2.45, 2.75) is 347 Å². The number of aliphatic hydroxyl groups is 2. The maximum Gasteiger partial charge on any atom is 0.472 e.